The SMILES string of the molecule is COC(=O)C1(C(=O)OC)C2C=CC(C2)C12SCCS2=O. The molecule has 3 rings (SSSR count). The molecule has 1 saturated carbocycles. The van der Waals surface area contributed by atoms with Crippen molar-refractivity contribution in [2.75, 3.05) is 25.7 Å². The summed E-state index contributed by atoms with van der Waals surface area (Å²) in [5.41, 5.74) is -1.47. The molecule has 3 aliphatic rings. The third kappa shape index (κ3) is 1.33. The Morgan fingerprint density at radius 3 is 2.30 bits per heavy atom. The quantitative estimate of drug-likeness (QED) is 0.425. The minimum Gasteiger partial charge on any atom is -0.468 e. The highest BCUT2D eigenvalue weighted by atomic mass is 32.2. The van der Waals surface area contributed by atoms with Gasteiger partial charge in [0, 0.05) is 34.1 Å². The van der Waals surface area contributed by atoms with Crippen molar-refractivity contribution in [3.05, 3.63) is 12.2 Å². The van der Waals surface area contributed by atoms with E-state index in [-0.39, 0.29) is 11.8 Å². The van der Waals surface area contributed by atoms with Gasteiger partial charge in [-0.2, -0.15) is 0 Å². The highest BCUT2D eigenvalue weighted by Gasteiger charge is 2.78. The Morgan fingerprint density at radius 2 is 1.80 bits per heavy atom. The van der Waals surface area contributed by atoms with Crippen molar-refractivity contribution in [2.45, 2.75) is 10.5 Å². The van der Waals surface area contributed by atoms with Crippen LogP contribution in [-0.4, -0.2) is 46.0 Å². The molecule has 0 amide bonds. The van der Waals surface area contributed by atoms with Gasteiger partial charge in [-0.05, 0) is 6.42 Å². The molecule has 110 valence electrons. The van der Waals surface area contributed by atoms with Gasteiger partial charge in [-0.15, -0.1) is 11.8 Å². The second kappa shape index (κ2) is 4.59. The molecule has 0 N–H and O–H groups in total. The summed E-state index contributed by atoms with van der Waals surface area (Å²) in [4.78, 5) is 25.1. The van der Waals surface area contributed by atoms with Gasteiger partial charge in [0.15, 0.2) is 5.41 Å². The number of ether oxygens (including phenoxy) is 2. The summed E-state index contributed by atoms with van der Waals surface area (Å²) in [5, 5.41) is 0. The van der Waals surface area contributed by atoms with Crippen molar-refractivity contribution in [3.63, 3.8) is 0 Å². The number of allylic oxidation sites excluding steroid dienone is 2. The predicted octanol–water partition coefficient (Wildman–Crippen LogP) is 0.716. The molecule has 2 aliphatic carbocycles. The fraction of sp³-hybridized carbons (Fsp3) is 0.692. The van der Waals surface area contributed by atoms with Crippen LogP contribution in [0.25, 0.3) is 0 Å². The Morgan fingerprint density at radius 1 is 1.20 bits per heavy atom. The second-order valence-corrected chi connectivity index (χ2v) is 8.53. The Bertz CT molecular complexity index is 513. The van der Waals surface area contributed by atoms with E-state index >= 15 is 0 Å². The third-order valence-corrected chi connectivity index (χ3v) is 9.12. The highest BCUT2D eigenvalue weighted by molar-refractivity contribution is 8.15. The van der Waals surface area contributed by atoms with Gasteiger partial charge in [0.1, 0.15) is 4.08 Å². The number of thioether (sulfide) groups is 1. The number of rotatable bonds is 2. The topological polar surface area (TPSA) is 69.7 Å². The molecule has 1 saturated heterocycles. The molecular formula is C13H16O5S2. The number of carbonyl (C=O) groups excluding carboxylic acids is 2. The molecule has 0 aromatic heterocycles. The Balaban J connectivity index is 2.25. The van der Waals surface area contributed by atoms with Crippen LogP contribution in [0.4, 0.5) is 0 Å². The lowest BCUT2D eigenvalue weighted by Crippen LogP contribution is -2.60. The fourth-order valence-corrected chi connectivity index (χ4v) is 8.60. The minimum atomic E-state index is -1.47. The van der Waals surface area contributed by atoms with Crippen molar-refractivity contribution >= 4 is 34.5 Å². The van der Waals surface area contributed by atoms with E-state index in [0.717, 1.165) is 0 Å². The van der Waals surface area contributed by atoms with Gasteiger partial charge >= 0.3 is 11.9 Å². The standard InChI is InChI=1S/C13H16O5S2/c1-17-10(14)12(11(15)18-2)8-3-4-9(7-8)13(12)19-5-6-20(13)16/h3-4,8-9H,5-7H2,1-2H3. The molecule has 1 aliphatic heterocycles. The average Bonchev–Trinajstić information content (AvgIpc) is 3.13. The lowest BCUT2D eigenvalue weighted by molar-refractivity contribution is -0.171. The van der Waals surface area contributed by atoms with E-state index in [2.05, 4.69) is 0 Å². The van der Waals surface area contributed by atoms with Crippen molar-refractivity contribution in [3.8, 4) is 0 Å². The van der Waals surface area contributed by atoms with Gasteiger partial charge in [0.25, 0.3) is 0 Å². The van der Waals surface area contributed by atoms with Crippen LogP contribution >= 0.6 is 11.8 Å². The van der Waals surface area contributed by atoms with E-state index in [0.29, 0.717) is 17.9 Å². The van der Waals surface area contributed by atoms with Gasteiger partial charge in [-0.25, -0.2) is 0 Å². The van der Waals surface area contributed by atoms with Crippen LogP contribution in [0.2, 0.25) is 0 Å². The first-order chi connectivity index (χ1) is 9.55. The van der Waals surface area contributed by atoms with Gasteiger partial charge in [-0.3, -0.25) is 13.8 Å². The maximum Gasteiger partial charge on any atom is 0.326 e. The number of hydrogen-bond acceptors (Lipinski definition) is 6. The number of hydrogen-bond donors (Lipinski definition) is 0. The molecular weight excluding hydrogens is 300 g/mol. The normalized spacial score (nSPS) is 40.2. The summed E-state index contributed by atoms with van der Waals surface area (Å²) in [6.45, 7) is 0. The molecule has 0 aromatic carbocycles. The number of esters is 2. The lowest BCUT2D eigenvalue weighted by Gasteiger charge is -2.43. The summed E-state index contributed by atoms with van der Waals surface area (Å²) in [7, 11) is 1.27. The Labute approximate surface area is 123 Å². The monoisotopic (exact) mass is 316 g/mol. The predicted molar refractivity (Wildman–Crippen MR) is 75.4 cm³/mol. The maximum absolute atomic E-state index is 12.7. The first-order valence-electron chi connectivity index (χ1n) is 6.43. The van der Waals surface area contributed by atoms with E-state index in [4.69, 9.17) is 9.47 Å². The summed E-state index contributed by atoms with van der Waals surface area (Å²) < 4.78 is 21.6. The zero-order valence-electron chi connectivity index (χ0n) is 11.3. The van der Waals surface area contributed by atoms with Crippen LogP contribution in [0, 0.1) is 17.3 Å². The zero-order chi connectivity index (χ0) is 14.5. The average molecular weight is 316 g/mol. The van der Waals surface area contributed by atoms with Crippen LogP contribution in [0.5, 0.6) is 0 Å². The van der Waals surface area contributed by atoms with Crippen molar-refractivity contribution in [1.82, 2.24) is 0 Å². The van der Waals surface area contributed by atoms with Crippen molar-refractivity contribution in [2.24, 2.45) is 17.3 Å². The van der Waals surface area contributed by atoms with Gasteiger partial charge in [-0.1, -0.05) is 12.2 Å². The van der Waals surface area contributed by atoms with E-state index in [1.807, 2.05) is 12.2 Å². The number of methoxy groups -OCH3 is 2. The maximum atomic E-state index is 12.7. The van der Waals surface area contributed by atoms with E-state index in [9.17, 15) is 13.8 Å². The molecule has 1 heterocycles. The van der Waals surface area contributed by atoms with Crippen LogP contribution < -0.4 is 0 Å². The van der Waals surface area contributed by atoms with Gasteiger partial charge in [0.2, 0.25) is 0 Å². The summed E-state index contributed by atoms with van der Waals surface area (Å²) in [6, 6.07) is 0. The molecule has 2 bridgehead atoms. The number of fused-ring (bicyclic) bond motifs is 3. The Hall–Kier alpha value is -0.820. The van der Waals surface area contributed by atoms with Gasteiger partial charge in [0.05, 0.1) is 14.2 Å². The molecule has 20 heavy (non-hydrogen) atoms. The van der Waals surface area contributed by atoms with E-state index in [1.54, 1.807) is 0 Å². The number of carbonyl (C=O) groups is 2. The fourth-order valence-electron chi connectivity index (χ4n) is 3.90. The molecule has 4 unspecified atom stereocenters. The zero-order valence-corrected chi connectivity index (χ0v) is 12.9. The van der Waals surface area contributed by atoms with Crippen LogP contribution in [0.1, 0.15) is 6.42 Å². The second-order valence-electron chi connectivity index (χ2n) is 5.19. The summed E-state index contributed by atoms with van der Waals surface area (Å²) >= 11 is 1.46. The highest BCUT2D eigenvalue weighted by Crippen LogP contribution is 2.68. The summed E-state index contributed by atoms with van der Waals surface area (Å²) in [6.07, 6.45) is 4.52. The molecule has 0 aromatic rings. The summed E-state index contributed by atoms with van der Waals surface area (Å²) in [5.74, 6) is -0.398. The van der Waals surface area contributed by atoms with Crippen LogP contribution in [0.3, 0.4) is 0 Å². The molecule has 2 fully saturated rings. The van der Waals surface area contributed by atoms with Crippen LogP contribution in [-0.2, 0) is 29.9 Å². The van der Waals surface area contributed by atoms with E-state index < -0.39 is 32.2 Å². The van der Waals surface area contributed by atoms with Crippen LogP contribution in [0.15, 0.2) is 12.2 Å². The first kappa shape index (κ1) is 14.1. The first-order valence-corrected chi connectivity index (χ1v) is 8.73. The van der Waals surface area contributed by atoms with Gasteiger partial charge < -0.3 is 9.47 Å². The molecule has 0 radical (unpaired) electrons. The van der Waals surface area contributed by atoms with E-state index in [1.165, 1.54) is 26.0 Å². The third-order valence-electron chi connectivity index (χ3n) is 4.62. The smallest absolute Gasteiger partial charge is 0.326 e. The van der Waals surface area contributed by atoms with Crippen molar-refractivity contribution < 1.29 is 23.3 Å². The molecule has 7 heteroatoms. The molecule has 5 nitrogen and oxygen atoms in total. The molecule has 4 atom stereocenters. The Kier molecular flexibility index (Phi) is 3.25. The minimum absolute atomic E-state index is 0.0426. The molecule has 1 spiro atoms. The largest absolute Gasteiger partial charge is 0.468 e. The lowest BCUT2D eigenvalue weighted by atomic mass is 9.74. The van der Waals surface area contributed by atoms with Crippen molar-refractivity contribution in [1.29, 1.82) is 0 Å².